The van der Waals surface area contributed by atoms with E-state index in [9.17, 15) is 8.42 Å². The number of hydrogen-bond donors (Lipinski definition) is 0. The molecule has 174 valence electrons. The number of fused-ring (bicyclic) bond motifs is 1. The fourth-order valence-electron chi connectivity index (χ4n) is 4.76. The fraction of sp³-hybridized carbons (Fsp3) is 0.280. The van der Waals surface area contributed by atoms with Gasteiger partial charge in [-0.3, -0.25) is 4.68 Å². The van der Waals surface area contributed by atoms with Gasteiger partial charge in [0.05, 0.1) is 24.3 Å². The minimum atomic E-state index is -3.82. The molecule has 1 aliphatic heterocycles. The van der Waals surface area contributed by atoms with Crippen molar-refractivity contribution in [1.29, 1.82) is 0 Å². The van der Waals surface area contributed by atoms with E-state index in [4.69, 9.17) is 9.47 Å². The number of aryl methyl sites for hydroxylation is 1. The third-order valence-electron chi connectivity index (χ3n) is 6.55. The zero-order chi connectivity index (χ0) is 23.3. The summed E-state index contributed by atoms with van der Waals surface area (Å²) in [5.41, 5.74) is 4.13. The van der Waals surface area contributed by atoms with Crippen molar-refractivity contribution in [2.24, 2.45) is 7.05 Å². The normalized spacial score (nSPS) is 18.0. The van der Waals surface area contributed by atoms with Crippen LogP contribution >= 0.6 is 0 Å². The highest BCUT2D eigenvalue weighted by Crippen LogP contribution is 2.40. The molecule has 1 fully saturated rings. The highest BCUT2D eigenvalue weighted by atomic mass is 32.2. The van der Waals surface area contributed by atoms with Crippen molar-refractivity contribution in [3.63, 3.8) is 0 Å². The maximum absolute atomic E-state index is 13.5. The van der Waals surface area contributed by atoms with E-state index in [0.717, 1.165) is 40.5 Å². The van der Waals surface area contributed by atoms with Gasteiger partial charge in [0.25, 0.3) is 10.0 Å². The molecule has 0 saturated carbocycles. The Kier molecular flexibility index (Phi) is 4.94. The van der Waals surface area contributed by atoms with Crippen molar-refractivity contribution in [1.82, 2.24) is 18.7 Å². The molecule has 4 aromatic rings. The summed E-state index contributed by atoms with van der Waals surface area (Å²) in [5.74, 6) is -0.491. The Morgan fingerprint density at radius 3 is 2.50 bits per heavy atom. The molecule has 9 heteroatoms. The van der Waals surface area contributed by atoms with Crippen molar-refractivity contribution >= 4 is 26.6 Å². The quantitative estimate of drug-likeness (QED) is 0.443. The van der Waals surface area contributed by atoms with E-state index in [2.05, 4.69) is 16.2 Å². The molecule has 1 saturated heterocycles. The summed E-state index contributed by atoms with van der Waals surface area (Å²) in [4.78, 5) is 4.86. The zero-order valence-electron chi connectivity index (χ0n) is 18.7. The lowest BCUT2D eigenvalue weighted by Crippen LogP contribution is -2.31. The fourth-order valence-corrected chi connectivity index (χ4v) is 6.11. The Labute approximate surface area is 197 Å². The van der Waals surface area contributed by atoms with Gasteiger partial charge in [0.2, 0.25) is 0 Å². The monoisotopic (exact) mass is 476 g/mol. The molecule has 1 spiro atoms. The molecule has 2 aliphatic rings. The SMILES string of the molecule is Cn1cc(-c2cn(S(=O)(=O)c3ccccc3)c3ncc(C4=CCC5(CC4)OCCO5)cc23)cn1. The smallest absolute Gasteiger partial charge is 0.269 e. The number of nitrogens with zero attached hydrogens (tertiary/aromatic N) is 4. The number of benzene rings is 1. The van der Waals surface area contributed by atoms with Crippen molar-refractivity contribution in [2.75, 3.05) is 13.2 Å². The molecule has 0 N–H and O–H groups in total. The third kappa shape index (κ3) is 3.48. The highest BCUT2D eigenvalue weighted by molar-refractivity contribution is 7.90. The largest absolute Gasteiger partial charge is 0.347 e. The van der Waals surface area contributed by atoms with Crippen molar-refractivity contribution < 1.29 is 17.9 Å². The zero-order valence-corrected chi connectivity index (χ0v) is 19.5. The van der Waals surface area contributed by atoms with E-state index in [0.29, 0.717) is 25.3 Å². The van der Waals surface area contributed by atoms with Crippen LogP contribution in [0.15, 0.2) is 72.2 Å². The summed E-state index contributed by atoms with van der Waals surface area (Å²) < 4.78 is 41.6. The van der Waals surface area contributed by atoms with Crippen molar-refractivity contribution in [3.8, 4) is 11.1 Å². The van der Waals surface area contributed by atoms with Crippen molar-refractivity contribution in [2.45, 2.75) is 29.9 Å². The minimum absolute atomic E-state index is 0.215. The lowest BCUT2D eigenvalue weighted by molar-refractivity contribution is -0.159. The number of hydrogen-bond acceptors (Lipinski definition) is 6. The second kappa shape index (κ2) is 7.90. The summed E-state index contributed by atoms with van der Waals surface area (Å²) in [6.07, 6.45) is 11.4. The number of ether oxygens (including phenoxy) is 2. The van der Waals surface area contributed by atoms with Gasteiger partial charge >= 0.3 is 0 Å². The molecule has 0 unspecified atom stereocenters. The van der Waals surface area contributed by atoms with Gasteiger partial charge in [-0.2, -0.15) is 5.10 Å². The lowest BCUT2D eigenvalue weighted by Gasteiger charge is -2.30. The summed E-state index contributed by atoms with van der Waals surface area (Å²) in [7, 11) is -1.98. The average Bonchev–Trinajstić information content (AvgIpc) is 3.59. The first-order valence-corrected chi connectivity index (χ1v) is 12.7. The molecule has 0 bridgehead atoms. The number of aromatic nitrogens is 4. The topological polar surface area (TPSA) is 88.2 Å². The van der Waals surface area contributed by atoms with Gasteiger partial charge < -0.3 is 9.47 Å². The second-order valence-electron chi connectivity index (χ2n) is 8.70. The molecule has 4 heterocycles. The van der Waals surface area contributed by atoms with E-state index >= 15 is 0 Å². The molecule has 0 atom stereocenters. The predicted molar refractivity (Wildman–Crippen MR) is 127 cm³/mol. The van der Waals surface area contributed by atoms with E-state index < -0.39 is 15.8 Å². The first-order chi connectivity index (χ1) is 16.5. The Bertz CT molecular complexity index is 1510. The summed E-state index contributed by atoms with van der Waals surface area (Å²) >= 11 is 0. The Hall–Kier alpha value is -3.27. The van der Waals surface area contributed by atoms with Crippen LogP contribution in [0.5, 0.6) is 0 Å². The number of rotatable bonds is 4. The number of allylic oxidation sites excluding steroid dienone is 1. The van der Waals surface area contributed by atoms with E-state index in [1.54, 1.807) is 53.6 Å². The molecule has 0 radical (unpaired) electrons. The Morgan fingerprint density at radius 2 is 1.82 bits per heavy atom. The number of pyridine rings is 1. The Balaban J connectivity index is 1.49. The first-order valence-electron chi connectivity index (χ1n) is 11.2. The van der Waals surface area contributed by atoms with Crippen LogP contribution in [0, 0.1) is 0 Å². The average molecular weight is 477 g/mol. The summed E-state index contributed by atoms with van der Waals surface area (Å²) in [6, 6.07) is 10.4. The van der Waals surface area contributed by atoms with Gasteiger partial charge in [-0.15, -0.1) is 0 Å². The van der Waals surface area contributed by atoms with Crippen LogP contribution in [0.1, 0.15) is 24.8 Å². The van der Waals surface area contributed by atoms with Crippen LogP contribution in [0.4, 0.5) is 0 Å². The molecule has 8 nitrogen and oxygen atoms in total. The molecular weight excluding hydrogens is 452 g/mol. The minimum Gasteiger partial charge on any atom is -0.347 e. The maximum atomic E-state index is 13.5. The van der Waals surface area contributed by atoms with Crippen LogP contribution in [0.3, 0.4) is 0 Å². The standard InChI is InChI=1S/C25H24N4O4S/c1-28-16-20(15-27-28)23-17-29(34(30,31)21-5-3-2-4-6-21)24-22(23)13-19(14-26-24)18-7-9-25(10-8-18)32-11-12-33-25/h2-7,13-17H,8-12H2,1H3. The van der Waals surface area contributed by atoms with E-state index in [1.807, 2.05) is 19.3 Å². The third-order valence-corrected chi connectivity index (χ3v) is 8.21. The molecule has 1 aromatic carbocycles. The lowest BCUT2D eigenvalue weighted by atomic mass is 9.90. The van der Waals surface area contributed by atoms with Crippen LogP contribution < -0.4 is 0 Å². The van der Waals surface area contributed by atoms with E-state index in [-0.39, 0.29) is 4.90 Å². The van der Waals surface area contributed by atoms with Crippen LogP contribution in [0.2, 0.25) is 0 Å². The predicted octanol–water partition coefficient (Wildman–Crippen LogP) is 3.98. The molecule has 34 heavy (non-hydrogen) atoms. The highest BCUT2D eigenvalue weighted by Gasteiger charge is 2.37. The van der Waals surface area contributed by atoms with Gasteiger partial charge in [0, 0.05) is 55.0 Å². The molecule has 0 amide bonds. The maximum Gasteiger partial charge on any atom is 0.269 e. The molecule has 6 rings (SSSR count). The first kappa shape index (κ1) is 21.3. The van der Waals surface area contributed by atoms with Gasteiger partial charge in [-0.1, -0.05) is 24.3 Å². The van der Waals surface area contributed by atoms with Crippen molar-refractivity contribution in [3.05, 3.63) is 72.8 Å². The molecule has 3 aromatic heterocycles. The van der Waals surface area contributed by atoms with Gasteiger partial charge in [-0.25, -0.2) is 17.4 Å². The second-order valence-corrected chi connectivity index (χ2v) is 10.5. The van der Waals surface area contributed by atoms with E-state index in [1.165, 1.54) is 3.97 Å². The van der Waals surface area contributed by atoms with Gasteiger partial charge in [0.15, 0.2) is 11.4 Å². The molecule has 1 aliphatic carbocycles. The van der Waals surface area contributed by atoms with Crippen LogP contribution in [-0.2, 0) is 26.5 Å². The summed E-state index contributed by atoms with van der Waals surface area (Å²) in [5, 5.41) is 5.04. The van der Waals surface area contributed by atoms with Gasteiger partial charge in [-0.05, 0) is 35.8 Å². The molecular formula is C25H24N4O4S. The summed E-state index contributed by atoms with van der Waals surface area (Å²) in [6.45, 7) is 1.27. The van der Waals surface area contributed by atoms with Crippen LogP contribution in [0.25, 0.3) is 27.7 Å². The van der Waals surface area contributed by atoms with Crippen LogP contribution in [-0.4, -0.2) is 46.2 Å². The Morgan fingerprint density at radius 1 is 1.03 bits per heavy atom. The van der Waals surface area contributed by atoms with Gasteiger partial charge in [0.1, 0.15) is 0 Å².